The van der Waals surface area contributed by atoms with Crippen molar-refractivity contribution in [2.75, 3.05) is 29.2 Å². The molecule has 29 heavy (non-hydrogen) atoms. The van der Waals surface area contributed by atoms with E-state index < -0.39 is 15.9 Å². The van der Waals surface area contributed by atoms with E-state index in [1.165, 1.54) is 16.4 Å². The fourth-order valence-electron chi connectivity index (χ4n) is 2.85. The number of nitrogens with two attached hydrogens (primary N) is 1. The van der Waals surface area contributed by atoms with Crippen molar-refractivity contribution in [3.8, 4) is 11.5 Å². The predicted molar refractivity (Wildman–Crippen MR) is 108 cm³/mol. The summed E-state index contributed by atoms with van der Waals surface area (Å²) in [7, 11) is -3.54. The smallest absolute Gasteiger partial charge is 0.248 e. The molecule has 0 aromatic heterocycles. The van der Waals surface area contributed by atoms with E-state index >= 15 is 0 Å². The number of ether oxygens (including phenoxy) is 2. The number of rotatable bonds is 8. The van der Waals surface area contributed by atoms with E-state index in [2.05, 4.69) is 5.32 Å². The molecule has 2 aromatic rings. The first-order valence-electron chi connectivity index (χ1n) is 8.81. The lowest BCUT2D eigenvalue weighted by atomic mass is 10.2. The Morgan fingerprint density at radius 2 is 1.79 bits per heavy atom. The summed E-state index contributed by atoms with van der Waals surface area (Å²) < 4.78 is 36.2. The number of hydrogen-bond acceptors (Lipinski definition) is 6. The maximum absolute atomic E-state index is 12.2. The second-order valence-corrected chi connectivity index (χ2v) is 8.37. The molecule has 2 aromatic carbocycles. The molecule has 1 aliphatic heterocycles. The fraction of sp³-hybridized carbons (Fsp3) is 0.263. The van der Waals surface area contributed by atoms with Gasteiger partial charge in [-0.1, -0.05) is 0 Å². The molecule has 154 valence electrons. The van der Waals surface area contributed by atoms with Crippen LogP contribution in [0.1, 0.15) is 23.2 Å². The van der Waals surface area contributed by atoms with E-state index in [1.807, 2.05) is 0 Å². The van der Waals surface area contributed by atoms with Gasteiger partial charge in [-0.2, -0.15) is 0 Å². The third-order valence-electron chi connectivity index (χ3n) is 4.26. The topological polar surface area (TPSA) is 128 Å². The summed E-state index contributed by atoms with van der Waals surface area (Å²) in [6.07, 6.45) is 1.54. The number of amides is 2. The Kier molecular flexibility index (Phi) is 5.92. The molecule has 0 saturated heterocycles. The van der Waals surface area contributed by atoms with E-state index in [4.69, 9.17) is 15.2 Å². The Bertz CT molecular complexity index is 1020. The summed E-state index contributed by atoms with van der Waals surface area (Å²) in [5, 5.41) is 2.70. The Morgan fingerprint density at radius 3 is 2.45 bits per heavy atom. The zero-order valence-corrected chi connectivity index (χ0v) is 16.6. The zero-order valence-electron chi connectivity index (χ0n) is 15.8. The third-order valence-corrected chi connectivity index (χ3v) is 5.46. The van der Waals surface area contributed by atoms with Gasteiger partial charge >= 0.3 is 0 Å². The average molecular weight is 419 g/mol. The highest BCUT2D eigenvalue weighted by Crippen LogP contribution is 2.36. The van der Waals surface area contributed by atoms with Crippen LogP contribution < -0.4 is 24.8 Å². The molecule has 1 aliphatic rings. The molecule has 0 spiro atoms. The molecule has 10 heteroatoms. The average Bonchev–Trinajstić information content (AvgIpc) is 3.12. The van der Waals surface area contributed by atoms with Crippen molar-refractivity contribution >= 4 is 33.2 Å². The van der Waals surface area contributed by atoms with Crippen LogP contribution in [0.3, 0.4) is 0 Å². The van der Waals surface area contributed by atoms with Crippen LogP contribution >= 0.6 is 0 Å². The summed E-state index contributed by atoms with van der Waals surface area (Å²) in [5.41, 5.74) is 6.49. The largest absolute Gasteiger partial charge is 0.454 e. The number of carbonyl (C=O) groups excluding carboxylic acids is 2. The van der Waals surface area contributed by atoms with Crippen molar-refractivity contribution in [3.63, 3.8) is 0 Å². The van der Waals surface area contributed by atoms with Crippen LogP contribution in [0.5, 0.6) is 11.5 Å². The number of sulfonamides is 1. The molecular weight excluding hydrogens is 398 g/mol. The fourth-order valence-corrected chi connectivity index (χ4v) is 3.81. The first-order valence-corrected chi connectivity index (χ1v) is 10.7. The maximum Gasteiger partial charge on any atom is 0.248 e. The van der Waals surface area contributed by atoms with Crippen molar-refractivity contribution in [3.05, 3.63) is 48.0 Å². The molecule has 1 heterocycles. The lowest BCUT2D eigenvalue weighted by molar-refractivity contribution is -0.116. The molecule has 0 unspecified atom stereocenters. The SMILES string of the molecule is CS(=O)(=O)N(CCCC(=O)Nc1ccc(C(N)=O)cc1)c1ccc2c(c1)OCO2. The van der Waals surface area contributed by atoms with Crippen LogP contribution in [0.2, 0.25) is 0 Å². The number of nitrogens with one attached hydrogen (secondary N) is 1. The number of hydrogen-bond donors (Lipinski definition) is 2. The molecule has 0 radical (unpaired) electrons. The van der Waals surface area contributed by atoms with Crippen molar-refractivity contribution < 1.29 is 27.5 Å². The summed E-state index contributed by atoms with van der Waals surface area (Å²) in [6, 6.07) is 11.1. The summed E-state index contributed by atoms with van der Waals surface area (Å²) in [5.74, 6) is 0.223. The molecule has 0 aliphatic carbocycles. The molecular formula is C19H21N3O6S. The number of benzene rings is 2. The number of nitrogens with zero attached hydrogens (tertiary/aromatic N) is 1. The van der Waals surface area contributed by atoms with Gasteiger partial charge in [0, 0.05) is 30.3 Å². The van der Waals surface area contributed by atoms with Crippen molar-refractivity contribution in [1.29, 1.82) is 0 Å². The third kappa shape index (κ3) is 5.17. The maximum atomic E-state index is 12.2. The molecule has 0 atom stereocenters. The molecule has 9 nitrogen and oxygen atoms in total. The van der Waals surface area contributed by atoms with Crippen LogP contribution in [0, 0.1) is 0 Å². The molecule has 0 saturated carbocycles. The minimum absolute atomic E-state index is 0.0955. The van der Waals surface area contributed by atoms with Gasteiger partial charge in [-0.25, -0.2) is 8.42 Å². The van der Waals surface area contributed by atoms with Crippen molar-refractivity contribution in [1.82, 2.24) is 0 Å². The minimum Gasteiger partial charge on any atom is -0.454 e. The van der Waals surface area contributed by atoms with E-state index in [0.717, 1.165) is 6.26 Å². The van der Waals surface area contributed by atoms with Gasteiger partial charge in [-0.3, -0.25) is 13.9 Å². The van der Waals surface area contributed by atoms with Gasteiger partial charge in [-0.05, 0) is 42.8 Å². The molecule has 0 fully saturated rings. The summed E-state index contributed by atoms with van der Waals surface area (Å²) in [6.45, 7) is 0.227. The Morgan fingerprint density at radius 1 is 1.10 bits per heavy atom. The van der Waals surface area contributed by atoms with E-state index in [0.29, 0.717) is 34.9 Å². The van der Waals surface area contributed by atoms with Gasteiger partial charge < -0.3 is 20.5 Å². The van der Waals surface area contributed by atoms with Gasteiger partial charge in [0.2, 0.25) is 28.6 Å². The van der Waals surface area contributed by atoms with Gasteiger partial charge in [0.15, 0.2) is 11.5 Å². The quantitative estimate of drug-likeness (QED) is 0.670. The van der Waals surface area contributed by atoms with Crippen LogP contribution in [0.15, 0.2) is 42.5 Å². The normalized spacial score (nSPS) is 12.4. The lowest BCUT2D eigenvalue weighted by Crippen LogP contribution is -2.31. The van der Waals surface area contributed by atoms with Crippen molar-refractivity contribution in [2.24, 2.45) is 5.73 Å². The Hall–Kier alpha value is -3.27. The molecule has 3 rings (SSSR count). The van der Waals surface area contributed by atoms with Crippen molar-refractivity contribution in [2.45, 2.75) is 12.8 Å². The second kappa shape index (κ2) is 8.39. The monoisotopic (exact) mass is 419 g/mol. The number of carbonyl (C=O) groups is 2. The Labute approximate surface area is 168 Å². The predicted octanol–water partition coefficient (Wildman–Crippen LogP) is 1.70. The highest BCUT2D eigenvalue weighted by atomic mass is 32.2. The van der Waals surface area contributed by atoms with Crippen LogP contribution in [0.4, 0.5) is 11.4 Å². The summed E-state index contributed by atoms with van der Waals surface area (Å²) in [4.78, 5) is 23.2. The van der Waals surface area contributed by atoms with Crippen LogP contribution in [-0.4, -0.2) is 39.8 Å². The number of fused-ring (bicyclic) bond motifs is 1. The van der Waals surface area contributed by atoms with E-state index in [1.54, 1.807) is 30.3 Å². The lowest BCUT2D eigenvalue weighted by Gasteiger charge is -2.22. The minimum atomic E-state index is -3.54. The van der Waals surface area contributed by atoms with Crippen LogP contribution in [0.25, 0.3) is 0 Å². The second-order valence-electron chi connectivity index (χ2n) is 6.47. The molecule has 0 bridgehead atoms. The molecule has 3 N–H and O–H groups in total. The molecule has 2 amide bonds. The van der Waals surface area contributed by atoms with E-state index in [9.17, 15) is 18.0 Å². The number of primary amides is 1. The van der Waals surface area contributed by atoms with Crippen LogP contribution in [-0.2, 0) is 14.8 Å². The van der Waals surface area contributed by atoms with Gasteiger partial charge in [0.25, 0.3) is 0 Å². The standard InChI is InChI=1S/C19H21N3O6S/c1-29(25,26)22(15-8-9-16-17(11-15)28-12-27-16)10-2-3-18(23)21-14-6-4-13(5-7-14)19(20)24/h4-9,11H,2-3,10,12H2,1H3,(H2,20,24)(H,21,23). The van der Waals surface area contributed by atoms with Gasteiger partial charge in [0.05, 0.1) is 11.9 Å². The van der Waals surface area contributed by atoms with E-state index in [-0.39, 0.29) is 25.7 Å². The number of anilines is 2. The highest BCUT2D eigenvalue weighted by Gasteiger charge is 2.21. The first-order chi connectivity index (χ1) is 13.7. The zero-order chi connectivity index (χ0) is 21.0. The Balaban J connectivity index is 1.59. The first kappa shape index (κ1) is 20.5. The highest BCUT2D eigenvalue weighted by molar-refractivity contribution is 7.92. The van der Waals surface area contributed by atoms with Gasteiger partial charge in [0.1, 0.15) is 0 Å². The summed E-state index contributed by atoms with van der Waals surface area (Å²) >= 11 is 0. The van der Waals surface area contributed by atoms with Gasteiger partial charge in [-0.15, -0.1) is 0 Å².